The van der Waals surface area contributed by atoms with Crippen LogP contribution in [-0.2, 0) is 16.0 Å². The molecule has 1 aromatic carbocycles. The van der Waals surface area contributed by atoms with Crippen LogP contribution in [0.1, 0.15) is 25.8 Å². The Morgan fingerprint density at radius 1 is 1.42 bits per heavy atom. The first kappa shape index (κ1) is 14.5. The molecule has 1 aromatic rings. The minimum Gasteiger partial charge on any atom is -0.464 e. The quantitative estimate of drug-likeness (QED) is 0.846. The van der Waals surface area contributed by atoms with Gasteiger partial charge in [-0.3, -0.25) is 4.79 Å². The molecule has 0 radical (unpaired) electrons. The summed E-state index contributed by atoms with van der Waals surface area (Å²) in [4.78, 5) is 11.4. The fourth-order valence-corrected chi connectivity index (χ4v) is 2.73. The summed E-state index contributed by atoms with van der Waals surface area (Å²) in [6.45, 7) is 5.76. The molecular formula is C15H20BrNO2. The van der Waals surface area contributed by atoms with Crippen molar-refractivity contribution < 1.29 is 9.53 Å². The van der Waals surface area contributed by atoms with E-state index in [2.05, 4.69) is 53.3 Å². The van der Waals surface area contributed by atoms with Crippen molar-refractivity contribution in [3.05, 3.63) is 34.3 Å². The van der Waals surface area contributed by atoms with E-state index >= 15 is 0 Å². The molecule has 1 atom stereocenters. The Kier molecular flexibility index (Phi) is 4.63. The highest BCUT2D eigenvalue weighted by molar-refractivity contribution is 9.10. The molecule has 0 aliphatic carbocycles. The summed E-state index contributed by atoms with van der Waals surface area (Å²) >= 11 is 3.58. The van der Waals surface area contributed by atoms with Gasteiger partial charge in [0.05, 0.1) is 6.61 Å². The van der Waals surface area contributed by atoms with Crippen molar-refractivity contribution >= 4 is 21.9 Å². The van der Waals surface area contributed by atoms with Gasteiger partial charge in [-0.25, -0.2) is 0 Å². The van der Waals surface area contributed by atoms with Gasteiger partial charge in [0, 0.05) is 17.4 Å². The summed E-state index contributed by atoms with van der Waals surface area (Å²) in [7, 11) is 0. The molecule has 0 saturated carbocycles. The molecule has 4 heteroatoms. The molecular weight excluding hydrogens is 306 g/mol. The molecule has 0 aromatic heterocycles. The van der Waals surface area contributed by atoms with Gasteiger partial charge in [0.15, 0.2) is 0 Å². The van der Waals surface area contributed by atoms with Crippen molar-refractivity contribution in [3.8, 4) is 0 Å². The molecule has 1 saturated heterocycles. The number of hydrogen-bond acceptors (Lipinski definition) is 3. The molecule has 1 N–H and O–H groups in total. The molecule has 1 aliphatic rings. The van der Waals surface area contributed by atoms with Crippen LogP contribution in [0.25, 0.3) is 0 Å². The summed E-state index contributed by atoms with van der Waals surface area (Å²) in [5, 5.41) is 3.32. The van der Waals surface area contributed by atoms with Crippen LogP contribution in [0.2, 0.25) is 0 Å². The Bertz CT molecular complexity index is 459. The van der Waals surface area contributed by atoms with Gasteiger partial charge in [-0.15, -0.1) is 0 Å². The molecule has 0 spiro atoms. The van der Waals surface area contributed by atoms with Gasteiger partial charge in [0.25, 0.3) is 0 Å². The Hall–Kier alpha value is -0.870. The Labute approximate surface area is 122 Å². The number of carbonyl (C=O) groups excluding carboxylic acids is 1. The fourth-order valence-electron chi connectivity index (χ4n) is 2.30. The van der Waals surface area contributed by atoms with E-state index in [1.54, 1.807) is 0 Å². The van der Waals surface area contributed by atoms with Crippen LogP contribution in [0.4, 0.5) is 0 Å². The van der Waals surface area contributed by atoms with Crippen molar-refractivity contribution in [2.75, 3.05) is 13.2 Å². The average Bonchev–Trinajstić information content (AvgIpc) is 2.75. The maximum absolute atomic E-state index is 11.4. The van der Waals surface area contributed by atoms with Crippen molar-refractivity contribution in [1.29, 1.82) is 0 Å². The van der Waals surface area contributed by atoms with Crippen LogP contribution < -0.4 is 5.32 Å². The summed E-state index contributed by atoms with van der Waals surface area (Å²) < 4.78 is 6.10. The lowest BCUT2D eigenvalue weighted by atomic mass is 9.85. The number of carbonyl (C=O) groups is 1. The molecule has 2 rings (SSSR count). The van der Waals surface area contributed by atoms with Gasteiger partial charge < -0.3 is 10.1 Å². The maximum atomic E-state index is 11.4. The zero-order valence-corrected chi connectivity index (χ0v) is 13.0. The van der Waals surface area contributed by atoms with Gasteiger partial charge in [-0.2, -0.15) is 0 Å². The predicted molar refractivity (Wildman–Crippen MR) is 79.0 cm³/mol. The van der Waals surface area contributed by atoms with Crippen LogP contribution in [0, 0.1) is 5.41 Å². The van der Waals surface area contributed by atoms with Gasteiger partial charge in [-0.05, 0) is 23.5 Å². The molecule has 1 fully saturated rings. The zero-order valence-electron chi connectivity index (χ0n) is 11.4. The summed E-state index contributed by atoms with van der Waals surface area (Å²) in [6.07, 6.45) is 1.74. The minimum atomic E-state index is -0.126. The summed E-state index contributed by atoms with van der Waals surface area (Å²) in [5.41, 5.74) is 1.38. The molecule has 0 bridgehead atoms. The van der Waals surface area contributed by atoms with Crippen molar-refractivity contribution in [1.82, 2.24) is 5.32 Å². The number of benzene rings is 1. The first-order valence-corrected chi connectivity index (χ1v) is 7.41. The Morgan fingerprint density at radius 2 is 2.16 bits per heavy atom. The van der Waals surface area contributed by atoms with E-state index in [4.69, 9.17) is 4.74 Å². The number of rotatable bonds is 5. The number of ether oxygens (including phenoxy) is 1. The standard InChI is InChI=1S/C15H20BrNO2/c1-15(2,9-11-5-3-4-6-12(11)16)10-17-13-7-8-19-14(13)18/h3-6,13,17H,7-10H2,1-2H3/t13-/m0/s1. The number of cyclic esters (lactones) is 1. The van der Waals surface area contributed by atoms with Gasteiger partial charge in [0.2, 0.25) is 0 Å². The van der Waals surface area contributed by atoms with E-state index in [1.165, 1.54) is 5.56 Å². The number of hydrogen-bond donors (Lipinski definition) is 1. The van der Waals surface area contributed by atoms with E-state index in [0.717, 1.165) is 23.9 Å². The van der Waals surface area contributed by atoms with Crippen LogP contribution in [0.15, 0.2) is 28.7 Å². The molecule has 0 amide bonds. The SMILES string of the molecule is CC(C)(CN[C@H]1CCOC1=O)Cc1ccccc1Br. The summed E-state index contributed by atoms with van der Waals surface area (Å²) in [5.74, 6) is -0.114. The second-order valence-electron chi connectivity index (χ2n) is 5.82. The van der Waals surface area contributed by atoms with Crippen LogP contribution in [0.3, 0.4) is 0 Å². The lowest BCUT2D eigenvalue weighted by molar-refractivity contribution is -0.139. The molecule has 3 nitrogen and oxygen atoms in total. The smallest absolute Gasteiger partial charge is 0.323 e. The molecule has 19 heavy (non-hydrogen) atoms. The average molecular weight is 326 g/mol. The predicted octanol–water partition coefficient (Wildman–Crippen LogP) is 2.92. The number of nitrogens with one attached hydrogen (secondary N) is 1. The van der Waals surface area contributed by atoms with Gasteiger partial charge in [-0.1, -0.05) is 48.0 Å². The lowest BCUT2D eigenvalue weighted by Gasteiger charge is -2.27. The third kappa shape index (κ3) is 4.05. The van der Waals surface area contributed by atoms with Crippen molar-refractivity contribution in [3.63, 3.8) is 0 Å². The maximum Gasteiger partial charge on any atom is 0.323 e. The van der Waals surface area contributed by atoms with Gasteiger partial charge in [0.1, 0.15) is 6.04 Å². The third-order valence-corrected chi connectivity index (χ3v) is 4.16. The fraction of sp³-hybridized carbons (Fsp3) is 0.533. The number of esters is 1. The topological polar surface area (TPSA) is 38.3 Å². The normalized spacial score (nSPS) is 19.5. The molecule has 0 unspecified atom stereocenters. The van der Waals surface area contributed by atoms with Crippen LogP contribution >= 0.6 is 15.9 Å². The highest BCUT2D eigenvalue weighted by Crippen LogP contribution is 2.26. The second kappa shape index (κ2) is 6.06. The second-order valence-corrected chi connectivity index (χ2v) is 6.68. The van der Waals surface area contributed by atoms with Crippen LogP contribution in [0.5, 0.6) is 0 Å². The van der Waals surface area contributed by atoms with Crippen LogP contribution in [-0.4, -0.2) is 25.2 Å². The molecule has 104 valence electrons. The van der Waals surface area contributed by atoms with Gasteiger partial charge >= 0.3 is 5.97 Å². The largest absolute Gasteiger partial charge is 0.464 e. The molecule has 1 heterocycles. The first-order valence-electron chi connectivity index (χ1n) is 6.61. The lowest BCUT2D eigenvalue weighted by Crippen LogP contribution is -2.40. The van der Waals surface area contributed by atoms with E-state index < -0.39 is 0 Å². The van der Waals surface area contributed by atoms with E-state index in [9.17, 15) is 4.79 Å². The Balaban J connectivity index is 1.91. The monoisotopic (exact) mass is 325 g/mol. The number of halogens is 1. The first-order chi connectivity index (χ1) is 8.98. The Morgan fingerprint density at radius 3 is 2.79 bits per heavy atom. The van der Waals surface area contributed by atoms with E-state index in [1.807, 2.05) is 6.07 Å². The third-order valence-electron chi connectivity index (χ3n) is 3.39. The molecule has 1 aliphatic heterocycles. The van der Waals surface area contributed by atoms with E-state index in [-0.39, 0.29) is 17.4 Å². The minimum absolute atomic E-state index is 0.0900. The zero-order chi connectivity index (χ0) is 13.9. The summed E-state index contributed by atoms with van der Waals surface area (Å²) in [6, 6.07) is 8.15. The van der Waals surface area contributed by atoms with E-state index in [0.29, 0.717) is 6.61 Å². The van der Waals surface area contributed by atoms with Crippen molar-refractivity contribution in [2.24, 2.45) is 5.41 Å². The highest BCUT2D eigenvalue weighted by Gasteiger charge is 2.28. The highest BCUT2D eigenvalue weighted by atomic mass is 79.9. The van der Waals surface area contributed by atoms with Crippen molar-refractivity contribution in [2.45, 2.75) is 32.7 Å².